The summed E-state index contributed by atoms with van der Waals surface area (Å²) < 4.78 is 0. The molecular formula is C11H14O2. The molecule has 0 aliphatic carbocycles. The second-order valence-corrected chi connectivity index (χ2v) is 3.23. The van der Waals surface area contributed by atoms with Crippen LogP contribution < -0.4 is 0 Å². The number of hydrogen-bond donors (Lipinski definition) is 1. The topological polar surface area (TPSA) is 37.3 Å². The molecule has 1 rings (SSSR count). The zero-order valence-corrected chi connectivity index (χ0v) is 7.68. The molecule has 0 heterocycles. The van der Waals surface area contributed by atoms with E-state index in [9.17, 15) is 9.90 Å². The van der Waals surface area contributed by atoms with Gasteiger partial charge < -0.3 is 9.90 Å². The Morgan fingerprint density at radius 3 is 2.46 bits per heavy atom. The molecule has 2 nitrogen and oxygen atoms in total. The fourth-order valence-electron chi connectivity index (χ4n) is 1.22. The zero-order chi connectivity index (χ0) is 9.68. The Hall–Kier alpha value is -1.15. The summed E-state index contributed by atoms with van der Waals surface area (Å²) in [5, 5.41) is 9.24. The standard InChI is InChI=1S/C11H14O2/c1-9(13)11(8-12)7-10-5-3-2-4-6-10/h2-6,8-9,11,13H,7H2,1H3/t9-,11+/m0/s1. The minimum absolute atomic E-state index is 0.289. The molecule has 0 aliphatic rings. The van der Waals surface area contributed by atoms with Crippen molar-refractivity contribution in [2.24, 2.45) is 5.92 Å². The van der Waals surface area contributed by atoms with E-state index < -0.39 is 6.10 Å². The van der Waals surface area contributed by atoms with Crippen molar-refractivity contribution in [1.82, 2.24) is 0 Å². The Kier molecular flexibility index (Phi) is 3.65. The molecule has 0 bridgehead atoms. The van der Waals surface area contributed by atoms with Crippen molar-refractivity contribution in [2.45, 2.75) is 19.4 Å². The van der Waals surface area contributed by atoms with E-state index in [1.165, 1.54) is 0 Å². The lowest BCUT2D eigenvalue weighted by molar-refractivity contribution is -0.113. The molecule has 0 unspecified atom stereocenters. The predicted molar refractivity (Wildman–Crippen MR) is 51.4 cm³/mol. The van der Waals surface area contributed by atoms with Crippen molar-refractivity contribution < 1.29 is 9.90 Å². The summed E-state index contributed by atoms with van der Waals surface area (Å²) in [6, 6.07) is 9.71. The van der Waals surface area contributed by atoms with Gasteiger partial charge in [-0.3, -0.25) is 0 Å². The Labute approximate surface area is 78.2 Å². The van der Waals surface area contributed by atoms with Crippen LogP contribution in [0.3, 0.4) is 0 Å². The molecule has 0 saturated heterocycles. The number of aldehydes is 1. The van der Waals surface area contributed by atoms with Crippen LogP contribution in [0, 0.1) is 5.92 Å². The summed E-state index contributed by atoms with van der Waals surface area (Å²) in [7, 11) is 0. The summed E-state index contributed by atoms with van der Waals surface area (Å²) in [5.74, 6) is -0.289. The first-order valence-electron chi connectivity index (χ1n) is 4.41. The molecule has 0 radical (unpaired) electrons. The van der Waals surface area contributed by atoms with Crippen LogP contribution in [0.15, 0.2) is 30.3 Å². The molecule has 13 heavy (non-hydrogen) atoms. The number of carbonyl (C=O) groups excluding carboxylic acids is 1. The second kappa shape index (κ2) is 4.77. The monoisotopic (exact) mass is 178 g/mol. The van der Waals surface area contributed by atoms with E-state index in [4.69, 9.17) is 0 Å². The summed E-state index contributed by atoms with van der Waals surface area (Å²) >= 11 is 0. The third-order valence-corrected chi connectivity index (χ3v) is 2.11. The van der Waals surface area contributed by atoms with Crippen molar-refractivity contribution in [3.05, 3.63) is 35.9 Å². The van der Waals surface area contributed by atoms with Gasteiger partial charge in [0.1, 0.15) is 6.29 Å². The minimum atomic E-state index is -0.572. The lowest BCUT2D eigenvalue weighted by atomic mass is 9.96. The van der Waals surface area contributed by atoms with Crippen molar-refractivity contribution in [3.8, 4) is 0 Å². The Morgan fingerprint density at radius 2 is 2.00 bits per heavy atom. The number of rotatable bonds is 4. The Morgan fingerprint density at radius 1 is 1.38 bits per heavy atom. The van der Waals surface area contributed by atoms with Crippen LogP contribution in [0.2, 0.25) is 0 Å². The summed E-state index contributed by atoms with van der Waals surface area (Å²) in [6.07, 6.45) is 0.859. The maximum Gasteiger partial charge on any atom is 0.125 e. The van der Waals surface area contributed by atoms with E-state index in [1.54, 1.807) is 6.92 Å². The van der Waals surface area contributed by atoms with Crippen molar-refractivity contribution >= 4 is 6.29 Å². The van der Waals surface area contributed by atoms with Crippen LogP contribution in [0.4, 0.5) is 0 Å². The number of aliphatic hydroxyl groups is 1. The van der Waals surface area contributed by atoms with Gasteiger partial charge in [0, 0.05) is 5.92 Å². The van der Waals surface area contributed by atoms with Gasteiger partial charge in [0.15, 0.2) is 0 Å². The largest absolute Gasteiger partial charge is 0.393 e. The quantitative estimate of drug-likeness (QED) is 0.708. The van der Waals surface area contributed by atoms with Crippen LogP contribution in [0.1, 0.15) is 12.5 Å². The van der Waals surface area contributed by atoms with Gasteiger partial charge in [0.2, 0.25) is 0 Å². The fraction of sp³-hybridized carbons (Fsp3) is 0.364. The van der Waals surface area contributed by atoms with Gasteiger partial charge in [-0.2, -0.15) is 0 Å². The first-order valence-corrected chi connectivity index (χ1v) is 4.41. The summed E-state index contributed by atoms with van der Waals surface area (Å²) in [6.45, 7) is 1.64. The molecule has 0 spiro atoms. The smallest absolute Gasteiger partial charge is 0.125 e. The molecule has 1 aromatic carbocycles. The fourth-order valence-corrected chi connectivity index (χ4v) is 1.22. The zero-order valence-electron chi connectivity index (χ0n) is 7.68. The lowest BCUT2D eigenvalue weighted by Gasteiger charge is -2.12. The maximum atomic E-state index is 10.6. The molecule has 1 aromatic rings. The summed E-state index contributed by atoms with van der Waals surface area (Å²) in [5.41, 5.74) is 1.08. The van der Waals surface area contributed by atoms with Crippen LogP contribution in [0.25, 0.3) is 0 Å². The molecule has 0 saturated carbocycles. The van der Waals surface area contributed by atoms with Gasteiger partial charge in [-0.25, -0.2) is 0 Å². The van der Waals surface area contributed by atoms with E-state index >= 15 is 0 Å². The molecular weight excluding hydrogens is 164 g/mol. The molecule has 0 aliphatic heterocycles. The normalized spacial score (nSPS) is 14.9. The van der Waals surface area contributed by atoms with Crippen molar-refractivity contribution in [3.63, 3.8) is 0 Å². The van der Waals surface area contributed by atoms with Gasteiger partial charge in [-0.1, -0.05) is 30.3 Å². The van der Waals surface area contributed by atoms with E-state index in [0.717, 1.165) is 11.8 Å². The average molecular weight is 178 g/mol. The maximum absolute atomic E-state index is 10.6. The van der Waals surface area contributed by atoms with E-state index in [-0.39, 0.29) is 5.92 Å². The number of carbonyl (C=O) groups is 1. The predicted octanol–water partition coefficient (Wildman–Crippen LogP) is 1.42. The van der Waals surface area contributed by atoms with Crippen LogP contribution >= 0.6 is 0 Å². The van der Waals surface area contributed by atoms with Gasteiger partial charge in [-0.15, -0.1) is 0 Å². The molecule has 70 valence electrons. The first-order chi connectivity index (χ1) is 6.24. The molecule has 0 aromatic heterocycles. The minimum Gasteiger partial charge on any atom is -0.393 e. The molecule has 0 fully saturated rings. The summed E-state index contributed by atoms with van der Waals surface area (Å²) in [4.78, 5) is 10.6. The highest BCUT2D eigenvalue weighted by Gasteiger charge is 2.13. The SMILES string of the molecule is C[C@H](O)[C@@H](C=O)Cc1ccccc1. The van der Waals surface area contributed by atoms with Crippen LogP contribution in [-0.4, -0.2) is 17.5 Å². The van der Waals surface area contributed by atoms with Crippen molar-refractivity contribution in [2.75, 3.05) is 0 Å². The number of benzene rings is 1. The van der Waals surface area contributed by atoms with Gasteiger partial charge in [0.05, 0.1) is 6.10 Å². The van der Waals surface area contributed by atoms with Crippen molar-refractivity contribution in [1.29, 1.82) is 0 Å². The third kappa shape index (κ3) is 2.99. The number of hydrogen-bond acceptors (Lipinski definition) is 2. The van der Waals surface area contributed by atoms with E-state index in [2.05, 4.69) is 0 Å². The Bertz CT molecular complexity index is 254. The first kappa shape index (κ1) is 9.93. The average Bonchev–Trinajstić information content (AvgIpc) is 2.15. The molecule has 2 heteroatoms. The van der Waals surface area contributed by atoms with E-state index in [0.29, 0.717) is 6.42 Å². The van der Waals surface area contributed by atoms with Crippen LogP contribution in [0.5, 0.6) is 0 Å². The lowest BCUT2D eigenvalue weighted by Crippen LogP contribution is -2.20. The highest BCUT2D eigenvalue weighted by atomic mass is 16.3. The van der Waals surface area contributed by atoms with Crippen LogP contribution in [-0.2, 0) is 11.2 Å². The van der Waals surface area contributed by atoms with Gasteiger partial charge in [0.25, 0.3) is 0 Å². The third-order valence-electron chi connectivity index (χ3n) is 2.11. The number of aliphatic hydroxyl groups excluding tert-OH is 1. The van der Waals surface area contributed by atoms with E-state index in [1.807, 2.05) is 30.3 Å². The second-order valence-electron chi connectivity index (χ2n) is 3.23. The van der Waals surface area contributed by atoms with Gasteiger partial charge in [-0.05, 0) is 18.9 Å². The highest BCUT2D eigenvalue weighted by molar-refractivity contribution is 5.55. The van der Waals surface area contributed by atoms with Gasteiger partial charge >= 0.3 is 0 Å². The molecule has 0 amide bonds. The molecule has 1 N–H and O–H groups in total. The molecule has 2 atom stereocenters. The Balaban J connectivity index is 2.62. The highest BCUT2D eigenvalue weighted by Crippen LogP contribution is 2.09.